The molecule has 1 N–H and O–H groups in total. The number of aliphatic hydroxyl groups excluding tert-OH is 1. The molecule has 12 heavy (non-hydrogen) atoms. The highest BCUT2D eigenvalue weighted by molar-refractivity contribution is 4.99. The van der Waals surface area contributed by atoms with Gasteiger partial charge in [-0.25, -0.2) is 0 Å². The van der Waals surface area contributed by atoms with Crippen molar-refractivity contribution in [2.24, 2.45) is 11.3 Å². The molecule has 0 aromatic heterocycles. The van der Waals surface area contributed by atoms with Crippen molar-refractivity contribution in [1.29, 1.82) is 0 Å². The predicted octanol–water partition coefficient (Wildman–Crippen LogP) is 2.73. The van der Waals surface area contributed by atoms with Crippen molar-refractivity contribution in [1.82, 2.24) is 0 Å². The zero-order valence-electron chi connectivity index (χ0n) is 8.05. The summed E-state index contributed by atoms with van der Waals surface area (Å²) < 4.78 is 0. The van der Waals surface area contributed by atoms with Gasteiger partial charge in [-0.15, -0.1) is 0 Å². The van der Waals surface area contributed by atoms with E-state index in [0.29, 0.717) is 5.41 Å². The Morgan fingerprint density at radius 3 is 2.75 bits per heavy atom. The van der Waals surface area contributed by atoms with Gasteiger partial charge in [0.15, 0.2) is 0 Å². The van der Waals surface area contributed by atoms with Crippen LogP contribution in [-0.2, 0) is 0 Å². The minimum atomic E-state index is 0.0211. The standard InChI is InChI=1S/C11H20O/c1-2-11-8-4-3-5-9(11)6-7-10(11)12/h9-10,12H,2-8H2,1H3/t9-,10+,11+/m1/s1. The fourth-order valence-electron chi connectivity index (χ4n) is 3.55. The average Bonchev–Trinajstić information content (AvgIpc) is 2.45. The minimum absolute atomic E-state index is 0.0211. The van der Waals surface area contributed by atoms with Gasteiger partial charge in [0, 0.05) is 0 Å². The van der Waals surface area contributed by atoms with Crippen LogP contribution in [0.15, 0.2) is 0 Å². The van der Waals surface area contributed by atoms with Crippen molar-refractivity contribution < 1.29 is 5.11 Å². The highest BCUT2D eigenvalue weighted by Gasteiger charge is 2.48. The van der Waals surface area contributed by atoms with E-state index in [1.165, 1.54) is 38.5 Å². The molecule has 0 amide bonds. The van der Waals surface area contributed by atoms with E-state index in [1.807, 2.05) is 0 Å². The maximum Gasteiger partial charge on any atom is 0.0599 e. The fraction of sp³-hybridized carbons (Fsp3) is 1.00. The molecule has 2 aliphatic rings. The largest absolute Gasteiger partial charge is 0.393 e. The van der Waals surface area contributed by atoms with E-state index in [4.69, 9.17) is 0 Å². The molecular weight excluding hydrogens is 148 g/mol. The Labute approximate surface area is 75.2 Å². The summed E-state index contributed by atoms with van der Waals surface area (Å²) in [6.45, 7) is 2.26. The normalized spacial score (nSPS) is 47.5. The van der Waals surface area contributed by atoms with Crippen LogP contribution in [0.3, 0.4) is 0 Å². The van der Waals surface area contributed by atoms with Crippen molar-refractivity contribution in [2.45, 2.75) is 58.0 Å². The molecule has 2 fully saturated rings. The third-order valence-electron chi connectivity index (χ3n) is 4.37. The van der Waals surface area contributed by atoms with Crippen LogP contribution in [0.2, 0.25) is 0 Å². The van der Waals surface area contributed by atoms with Crippen LogP contribution in [0.1, 0.15) is 51.9 Å². The number of fused-ring (bicyclic) bond motifs is 1. The molecule has 0 radical (unpaired) electrons. The van der Waals surface area contributed by atoms with E-state index < -0.39 is 0 Å². The van der Waals surface area contributed by atoms with Gasteiger partial charge < -0.3 is 5.11 Å². The van der Waals surface area contributed by atoms with Gasteiger partial charge in [0.1, 0.15) is 0 Å². The van der Waals surface area contributed by atoms with E-state index >= 15 is 0 Å². The fourth-order valence-corrected chi connectivity index (χ4v) is 3.55. The van der Waals surface area contributed by atoms with Gasteiger partial charge in [-0.2, -0.15) is 0 Å². The van der Waals surface area contributed by atoms with Gasteiger partial charge in [-0.1, -0.05) is 19.8 Å². The molecule has 1 heteroatoms. The first-order chi connectivity index (χ1) is 5.79. The second-order valence-corrected chi connectivity index (χ2v) is 4.62. The lowest BCUT2D eigenvalue weighted by atomic mass is 9.66. The lowest BCUT2D eigenvalue weighted by Gasteiger charge is -2.41. The Kier molecular flexibility index (Phi) is 2.16. The van der Waals surface area contributed by atoms with Crippen LogP contribution in [0.4, 0.5) is 0 Å². The average molecular weight is 168 g/mol. The van der Waals surface area contributed by atoms with Gasteiger partial charge >= 0.3 is 0 Å². The summed E-state index contributed by atoms with van der Waals surface area (Å²) in [6.07, 6.45) is 8.99. The summed E-state index contributed by atoms with van der Waals surface area (Å²) in [5.74, 6) is 0.853. The molecule has 0 aromatic carbocycles. The molecule has 70 valence electrons. The lowest BCUT2D eigenvalue weighted by molar-refractivity contribution is -0.00475. The molecule has 2 rings (SSSR count). The second-order valence-electron chi connectivity index (χ2n) is 4.62. The summed E-state index contributed by atoms with van der Waals surface area (Å²) in [7, 11) is 0. The topological polar surface area (TPSA) is 20.2 Å². The highest BCUT2D eigenvalue weighted by Crippen LogP contribution is 2.54. The van der Waals surface area contributed by atoms with Gasteiger partial charge in [-0.05, 0) is 43.4 Å². The maximum atomic E-state index is 9.97. The molecule has 0 bridgehead atoms. The third-order valence-corrected chi connectivity index (χ3v) is 4.37. The quantitative estimate of drug-likeness (QED) is 0.638. The molecule has 0 aliphatic heterocycles. The molecule has 0 aromatic rings. The Hall–Kier alpha value is -0.0400. The smallest absolute Gasteiger partial charge is 0.0599 e. The molecule has 0 spiro atoms. The van der Waals surface area contributed by atoms with Gasteiger partial charge in [-0.3, -0.25) is 0 Å². The van der Waals surface area contributed by atoms with Crippen molar-refractivity contribution >= 4 is 0 Å². The summed E-state index contributed by atoms with van der Waals surface area (Å²) in [4.78, 5) is 0. The van der Waals surface area contributed by atoms with Crippen molar-refractivity contribution in [3.05, 3.63) is 0 Å². The van der Waals surface area contributed by atoms with Crippen LogP contribution in [0.5, 0.6) is 0 Å². The Morgan fingerprint density at radius 1 is 1.25 bits per heavy atom. The Bertz CT molecular complexity index is 164. The van der Waals surface area contributed by atoms with E-state index in [1.54, 1.807) is 0 Å². The zero-order chi connectivity index (χ0) is 8.60. The van der Waals surface area contributed by atoms with E-state index in [2.05, 4.69) is 6.92 Å². The predicted molar refractivity (Wildman–Crippen MR) is 49.9 cm³/mol. The summed E-state index contributed by atoms with van der Waals surface area (Å²) >= 11 is 0. The summed E-state index contributed by atoms with van der Waals surface area (Å²) in [5.41, 5.74) is 0.345. The van der Waals surface area contributed by atoms with Gasteiger partial charge in [0.2, 0.25) is 0 Å². The molecule has 0 heterocycles. The summed E-state index contributed by atoms with van der Waals surface area (Å²) in [6, 6.07) is 0. The first kappa shape index (κ1) is 8.55. The number of hydrogen-bond acceptors (Lipinski definition) is 1. The zero-order valence-corrected chi connectivity index (χ0v) is 8.05. The van der Waals surface area contributed by atoms with Crippen molar-refractivity contribution in [3.8, 4) is 0 Å². The van der Waals surface area contributed by atoms with E-state index in [0.717, 1.165) is 12.3 Å². The third kappa shape index (κ3) is 1.02. The molecule has 1 nitrogen and oxygen atoms in total. The number of rotatable bonds is 1. The van der Waals surface area contributed by atoms with Crippen LogP contribution in [0, 0.1) is 11.3 Å². The Balaban J connectivity index is 2.19. The SMILES string of the molecule is CC[C@]12CCCC[C@@H]1CC[C@@H]2O. The number of aliphatic hydroxyl groups is 1. The van der Waals surface area contributed by atoms with Crippen molar-refractivity contribution in [3.63, 3.8) is 0 Å². The molecule has 3 atom stereocenters. The molecule has 0 unspecified atom stereocenters. The Morgan fingerprint density at radius 2 is 2.08 bits per heavy atom. The van der Waals surface area contributed by atoms with E-state index in [-0.39, 0.29) is 6.10 Å². The molecule has 2 saturated carbocycles. The van der Waals surface area contributed by atoms with E-state index in [9.17, 15) is 5.11 Å². The van der Waals surface area contributed by atoms with Crippen molar-refractivity contribution in [2.75, 3.05) is 0 Å². The lowest BCUT2D eigenvalue weighted by Crippen LogP contribution is -2.37. The minimum Gasteiger partial charge on any atom is -0.393 e. The first-order valence-corrected chi connectivity index (χ1v) is 5.47. The molecule has 0 saturated heterocycles. The van der Waals surface area contributed by atoms with Gasteiger partial charge in [0.25, 0.3) is 0 Å². The van der Waals surface area contributed by atoms with Crippen LogP contribution >= 0.6 is 0 Å². The monoisotopic (exact) mass is 168 g/mol. The molecule has 2 aliphatic carbocycles. The first-order valence-electron chi connectivity index (χ1n) is 5.47. The van der Waals surface area contributed by atoms with Gasteiger partial charge in [0.05, 0.1) is 6.10 Å². The van der Waals surface area contributed by atoms with Crippen LogP contribution < -0.4 is 0 Å². The maximum absolute atomic E-state index is 9.97. The molecular formula is C11H20O. The van der Waals surface area contributed by atoms with Crippen LogP contribution in [0.25, 0.3) is 0 Å². The summed E-state index contributed by atoms with van der Waals surface area (Å²) in [5, 5.41) is 9.97. The second kappa shape index (κ2) is 3.02. The highest BCUT2D eigenvalue weighted by atomic mass is 16.3. The number of hydrogen-bond donors (Lipinski definition) is 1. The van der Waals surface area contributed by atoms with Crippen LogP contribution in [-0.4, -0.2) is 11.2 Å².